The molecule has 6 heteroatoms. The van der Waals surface area contributed by atoms with Gasteiger partial charge < -0.3 is 19.5 Å². The van der Waals surface area contributed by atoms with E-state index in [1.165, 1.54) is 0 Å². The second-order valence-corrected chi connectivity index (χ2v) is 5.56. The molecule has 1 rings (SSSR count). The Hall–Kier alpha value is -1.46. The standard InChI is InChI=1S/C16H24ClNO4/c1-11(2)12-8-14(15(21-4)9-13(12)17)18-10-16(19)22-7-5-6-20-3/h8-9,11,18H,5-7,10H2,1-4H3. The van der Waals surface area contributed by atoms with Crippen molar-refractivity contribution in [1.29, 1.82) is 0 Å². The molecule has 0 heterocycles. The summed E-state index contributed by atoms with van der Waals surface area (Å²) in [5.41, 5.74) is 1.72. The summed E-state index contributed by atoms with van der Waals surface area (Å²) in [6.45, 7) is 5.11. The van der Waals surface area contributed by atoms with E-state index in [9.17, 15) is 4.79 Å². The van der Waals surface area contributed by atoms with Gasteiger partial charge >= 0.3 is 5.97 Å². The zero-order chi connectivity index (χ0) is 16.5. The lowest BCUT2D eigenvalue weighted by atomic mass is 10.0. The number of ether oxygens (including phenoxy) is 3. The summed E-state index contributed by atoms with van der Waals surface area (Å²) in [7, 11) is 3.18. The van der Waals surface area contributed by atoms with Crippen molar-refractivity contribution in [3.8, 4) is 5.75 Å². The first kappa shape index (κ1) is 18.6. The fourth-order valence-corrected chi connectivity index (χ4v) is 2.30. The van der Waals surface area contributed by atoms with Gasteiger partial charge in [0.1, 0.15) is 12.3 Å². The van der Waals surface area contributed by atoms with Gasteiger partial charge in [-0.25, -0.2) is 0 Å². The molecule has 1 aromatic carbocycles. The van der Waals surface area contributed by atoms with Gasteiger partial charge in [0.2, 0.25) is 0 Å². The molecule has 0 spiro atoms. The zero-order valence-electron chi connectivity index (χ0n) is 13.6. The molecule has 0 aliphatic heterocycles. The minimum absolute atomic E-state index is 0.0719. The predicted octanol–water partition coefficient (Wildman–Crippen LogP) is 3.46. The number of benzene rings is 1. The van der Waals surface area contributed by atoms with Crippen LogP contribution in [0.5, 0.6) is 5.75 Å². The molecule has 0 fully saturated rings. The molecule has 0 radical (unpaired) electrons. The average Bonchev–Trinajstić information content (AvgIpc) is 2.49. The lowest BCUT2D eigenvalue weighted by molar-refractivity contribution is -0.141. The van der Waals surface area contributed by atoms with Crippen LogP contribution in [0.1, 0.15) is 31.7 Å². The quantitative estimate of drug-likeness (QED) is 0.555. The average molecular weight is 330 g/mol. The van der Waals surface area contributed by atoms with Crippen LogP contribution < -0.4 is 10.1 Å². The number of carbonyl (C=O) groups excluding carboxylic acids is 1. The van der Waals surface area contributed by atoms with Crippen molar-refractivity contribution in [2.75, 3.05) is 39.3 Å². The maximum atomic E-state index is 11.7. The molecule has 0 atom stereocenters. The minimum atomic E-state index is -0.320. The van der Waals surface area contributed by atoms with Crippen molar-refractivity contribution in [2.45, 2.75) is 26.2 Å². The molecule has 22 heavy (non-hydrogen) atoms. The summed E-state index contributed by atoms with van der Waals surface area (Å²) in [6, 6.07) is 3.66. The highest BCUT2D eigenvalue weighted by Gasteiger charge is 2.13. The second kappa shape index (κ2) is 9.54. The SMILES string of the molecule is COCCCOC(=O)CNc1cc(C(C)C)c(Cl)cc1OC. The van der Waals surface area contributed by atoms with E-state index in [1.54, 1.807) is 20.3 Å². The van der Waals surface area contributed by atoms with Gasteiger partial charge in [-0.15, -0.1) is 0 Å². The Balaban J connectivity index is 2.64. The minimum Gasteiger partial charge on any atom is -0.495 e. The van der Waals surface area contributed by atoms with Crippen LogP contribution in [0, 0.1) is 0 Å². The molecule has 0 bridgehead atoms. The van der Waals surface area contributed by atoms with Crippen LogP contribution in [0.25, 0.3) is 0 Å². The Kier molecular flexibility index (Phi) is 8.06. The highest BCUT2D eigenvalue weighted by molar-refractivity contribution is 6.31. The Labute approximate surface area is 136 Å². The molecule has 0 unspecified atom stereocenters. The van der Waals surface area contributed by atoms with Crippen LogP contribution in [0.15, 0.2) is 12.1 Å². The lowest BCUT2D eigenvalue weighted by Crippen LogP contribution is -2.18. The van der Waals surface area contributed by atoms with Gasteiger partial charge in [-0.05, 0) is 17.5 Å². The largest absolute Gasteiger partial charge is 0.495 e. The van der Waals surface area contributed by atoms with Crippen molar-refractivity contribution < 1.29 is 19.0 Å². The van der Waals surface area contributed by atoms with E-state index in [-0.39, 0.29) is 18.4 Å². The molecular weight excluding hydrogens is 306 g/mol. The highest BCUT2D eigenvalue weighted by atomic mass is 35.5. The van der Waals surface area contributed by atoms with E-state index in [2.05, 4.69) is 19.2 Å². The van der Waals surface area contributed by atoms with Crippen molar-refractivity contribution in [2.24, 2.45) is 0 Å². The number of hydrogen-bond acceptors (Lipinski definition) is 5. The Morgan fingerprint density at radius 1 is 1.27 bits per heavy atom. The van der Waals surface area contributed by atoms with Gasteiger partial charge in [-0.3, -0.25) is 4.79 Å². The number of esters is 1. The Bertz CT molecular complexity index is 491. The van der Waals surface area contributed by atoms with Crippen molar-refractivity contribution >= 4 is 23.3 Å². The number of rotatable bonds is 9. The zero-order valence-corrected chi connectivity index (χ0v) is 14.3. The van der Waals surface area contributed by atoms with E-state index < -0.39 is 0 Å². The molecule has 1 N–H and O–H groups in total. The van der Waals surface area contributed by atoms with Gasteiger partial charge in [-0.2, -0.15) is 0 Å². The third-order valence-corrected chi connectivity index (χ3v) is 3.45. The number of nitrogens with one attached hydrogen (secondary N) is 1. The van der Waals surface area contributed by atoms with Crippen LogP contribution in [-0.4, -0.2) is 39.9 Å². The monoisotopic (exact) mass is 329 g/mol. The van der Waals surface area contributed by atoms with Gasteiger partial charge in [0.25, 0.3) is 0 Å². The maximum absolute atomic E-state index is 11.7. The number of carbonyl (C=O) groups is 1. The number of hydrogen-bond donors (Lipinski definition) is 1. The topological polar surface area (TPSA) is 56.8 Å². The van der Waals surface area contributed by atoms with E-state index in [4.69, 9.17) is 25.8 Å². The molecular formula is C16H24ClNO4. The smallest absolute Gasteiger partial charge is 0.325 e. The summed E-state index contributed by atoms with van der Waals surface area (Å²) in [5.74, 6) is 0.556. The summed E-state index contributed by atoms with van der Waals surface area (Å²) >= 11 is 6.22. The van der Waals surface area contributed by atoms with Crippen LogP contribution in [0.4, 0.5) is 5.69 Å². The van der Waals surface area contributed by atoms with Crippen molar-refractivity contribution in [1.82, 2.24) is 0 Å². The molecule has 5 nitrogen and oxygen atoms in total. The van der Waals surface area contributed by atoms with Gasteiger partial charge in [0.05, 0.1) is 19.4 Å². The summed E-state index contributed by atoms with van der Waals surface area (Å²) in [4.78, 5) is 11.7. The number of methoxy groups -OCH3 is 2. The van der Waals surface area contributed by atoms with E-state index in [0.29, 0.717) is 30.4 Å². The fraction of sp³-hybridized carbons (Fsp3) is 0.562. The van der Waals surface area contributed by atoms with Gasteiger partial charge in [0, 0.05) is 31.2 Å². The first-order chi connectivity index (χ1) is 10.5. The molecule has 0 saturated carbocycles. The molecule has 0 saturated heterocycles. The second-order valence-electron chi connectivity index (χ2n) is 5.15. The van der Waals surface area contributed by atoms with E-state index in [1.807, 2.05) is 6.07 Å². The molecule has 0 aliphatic carbocycles. The first-order valence-corrected chi connectivity index (χ1v) is 7.63. The Morgan fingerprint density at radius 2 is 2.00 bits per heavy atom. The van der Waals surface area contributed by atoms with Crippen LogP contribution in [0.2, 0.25) is 5.02 Å². The molecule has 1 aromatic rings. The maximum Gasteiger partial charge on any atom is 0.325 e. The molecule has 124 valence electrons. The van der Waals surface area contributed by atoms with Crippen molar-refractivity contribution in [3.63, 3.8) is 0 Å². The third kappa shape index (κ3) is 5.73. The fourth-order valence-electron chi connectivity index (χ4n) is 1.93. The van der Waals surface area contributed by atoms with Crippen LogP contribution in [-0.2, 0) is 14.3 Å². The Morgan fingerprint density at radius 3 is 2.59 bits per heavy atom. The summed E-state index contributed by atoms with van der Waals surface area (Å²) in [6.07, 6.45) is 0.685. The molecule has 0 aliphatic rings. The highest BCUT2D eigenvalue weighted by Crippen LogP contribution is 2.34. The number of anilines is 1. The lowest BCUT2D eigenvalue weighted by Gasteiger charge is -2.16. The third-order valence-electron chi connectivity index (χ3n) is 3.12. The van der Waals surface area contributed by atoms with Crippen LogP contribution in [0.3, 0.4) is 0 Å². The normalized spacial score (nSPS) is 10.6. The van der Waals surface area contributed by atoms with Gasteiger partial charge in [-0.1, -0.05) is 25.4 Å². The number of halogens is 1. The molecule has 0 amide bonds. The predicted molar refractivity (Wildman–Crippen MR) is 88.0 cm³/mol. The van der Waals surface area contributed by atoms with Gasteiger partial charge in [0.15, 0.2) is 0 Å². The van der Waals surface area contributed by atoms with E-state index >= 15 is 0 Å². The summed E-state index contributed by atoms with van der Waals surface area (Å²) in [5, 5.41) is 3.69. The van der Waals surface area contributed by atoms with Crippen molar-refractivity contribution in [3.05, 3.63) is 22.7 Å². The summed E-state index contributed by atoms with van der Waals surface area (Å²) < 4.78 is 15.3. The first-order valence-electron chi connectivity index (χ1n) is 7.25. The van der Waals surface area contributed by atoms with Crippen LogP contribution >= 0.6 is 11.6 Å². The molecule has 0 aromatic heterocycles. The van der Waals surface area contributed by atoms with E-state index in [0.717, 1.165) is 11.3 Å².